The van der Waals surface area contributed by atoms with E-state index >= 15 is 0 Å². The van der Waals surface area contributed by atoms with E-state index < -0.39 is 17.3 Å². The van der Waals surface area contributed by atoms with Crippen molar-refractivity contribution in [3.8, 4) is 11.6 Å². The zero-order valence-corrected chi connectivity index (χ0v) is 17.8. The van der Waals surface area contributed by atoms with Gasteiger partial charge in [0.05, 0.1) is 15.5 Å². The first kappa shape index (κ1) is 22.2. The largest absolute Gasteiger partial charge is 0.481 e. The Labute approximate surface area is 188 Å². The molecule has 1 amide bonds. The van der Waals surface area contributed by atoms with Crippen LogP contribution in [0.3, 0.4) is 0 Å². The van der Waals surface area contributed by atoms with Gasteiger partial charge in [-0.1, -0.05) is 65.2 Å². The molecule has 0 fully saturated rings. The van der Waals surface area contributed by atoms with E-state index in [1.807, 2.05) is 0 Å². The van der Waals surface area contributed by atoms with Crippen LogP contribution in [0.2, 0.25) is 15.1 Å². The Morgan fingerprint density at radius 3 is 2.73 bits per heavy atom. The van der Waals surface area contributed by atoms with Gasteiger partial charge in [-0.05, 0) is 31.0 Å². The molecule has 0 saturated carbocycles. The minimum atomic E-state index is -1.05. The quantitative estimate of drug-likeness (QED) is 0.558. The van der Waals surface area contributed by atoms with E-state index in [4.69, 9.17) is 39.5 Å². The summed E-state index contributed by atoms with van der Waals surface area (Å²) in [7, 11) is 0. The van der Waals surface area contributed by atoms with Crippen LogP contribution in [0.1, 0.15) is 23.2 Å². The minimum absolute atomic E-state index is 0.00508. The van der Waals surface area contributed by atoms with Crippen molar-refractivity contribution in [2.45, 2.75) is 12.8 Å². The van der Waals surface area contributed by atoms with Crippen molar-refractivity contribution in [1.29, 1.82) is 0 Å². The first-order valence-corrected chi connectivity index (χ1v) is 10.1. The molecule has 0 spiro atoms. The molecular weight excluding hydrogens is 451 g/mol. The molecule has 1 aromatic carbocycles. The SMILES string of the molecule is O=C(NCC[C@]1(C(=O)O)C=CC=CC1)c1cc(Cl)cnc1Oc1cccc(Cl)c1Cl. The van der Waals surface area contributed by atoms with Crippen LogP contribution in [0.4, 0.5) is 0 Å². The summed E-state index contributed by atoms with van der Waals surface area (Å²) >= 11 is 18.1. The maximum Gasteiger partial charge on any atom is 0.313 e. The Morgan fingerprint density at radius 2 is 2.03 bits per heavy atom. The van der Waals surface area contributed by atoms with Crippen LogP contribution in [0.25, 0.3) is 0 Å². The van der Waals surface area contributed by atoms with E-state index in [0.717, 1.165) is 0 Å². The molecule has 1 atom stereocenters. The van der Waals surface area contributed by atoms with Gasteiger partial charge in [0.15, 0.2) is 0 Å². The number of hydrogen-bond donors (Lipinski definition) is 2. The van der Waals surface area contributed by atoms with Crippen LogP contribution in [0.5, 0.6) is 11.6 Å². The van der Waals surface area contributed by atoms with Crippen molar-refractivity contribution in [2.24, 2.45) is 5.41 Å². The topological polar surface area (TPSA) is 88.5 Å². The highest BCUT2D eigenvalue weighted by Crippen LogP contribution is 2.35. The van der Waals surface area contributed by atoms with Crippen LogP contribution < -0.4 is 10.1 Å². The van der Waals surface area contributed by atoms with Gasteiger partial charge in [0.25, 0.3) is 5.91 Å². The molecule has 2 N–H and O–H groups in total. The highest BCUT2D eigenvalue weighted by atomic mass is 35.5. The molecule has 3 rings (SSSR count). The summed E-state index contributed by atoms with van der Waals surface area (Å²) in [4.78, 5) is 28.5. The Balaban J connectivity index is 1.75. The van der Waals surface area contributed by atoms with Gasteiger partial charge < -0.3 is 15.2 Å². The number of carbonyl (C=O) groups is 2. The van der Waals surface area contributed by atoms with E-state index in [1.165, 1.54) is 12.3 Å². The van der Waals surface area contributed by atoms with Gasteiger partial charge in [0.1, 0.15) is 16.3 Å². The standard InChI is InChI=1S/C21H17Cl3N2O4/c22-13-11-14(19(26-12-13)30-16-6-4-5-15(23)17(16)24)18(27)25-10-9-21(20(28)29)7-2-1-3-8-21/h1-7,11-12H,8-10H2,(H,25,27)(H,28,29)/t21-/m0/s1. The van der Waals surface area contributed by atoms with Gasteiger partial charge >= 0.3 is 5.97 Å². The summed E-state index contributed by atoms with van der Waals surface area (Å²) in [6.45, 7) is 0.132. The molecule has 9 heteroatoms. The molecule has 6 nitrogen and oxygen atoms in total. The highest BCUT2D eigenvalue weighted by molar-refractivity contribution is 6.42. The first-order chi connectivity index (χ1) is 14.3. The molecule has 2 aromatic rings. The fourth-order valence-electron chi connectivity index (χ4n) is 2.95. The second kappa shape index (κ2) is 9.51. The summed E-state index contributed by atoms with van der Waals surface area (Å²) in [5, 5.41) is 13.0. The number of nitrogens with zero attached hydrogens (tertiary/aromatic N) is 1. The van der Waals surface area contributed by atoms with Crippen LogP contribution in [0, 0.1) is 5.41 Å². The Kier molecular flexibility index (Phi) is 7.02. The number of hydrogen-bond acceptors (Lipinski definition) is 4. The molecule has 1 aliphatic rings. The second-order valence-electron chi connectivity index (χ2n) is 6.62. The number of carboxylic acid groups (broad SMARTS) is 1. The van der Waals surface area contributed by atoms with E-state index in [2.05, 4.69) is 10.3 Å². The average molecular weight is 468 g/mol. The van der Waals surface area contributed by atoms with E-state index in [-0.39, 0.29) is 40.2 Å². The van der Waals surface area contributed by atoms with Crippen molar-refractivity contribution in [3.63, 3.8) is 0 Å². The van der Waals surface area contributed by atoms with Gasteiger partial charge in [-0.25, -0.2) is 4.98 Å². The third-order valence-electron chi connectivity index (χ3n) is 4.61. The summed E-state index contributed by atoms with van der Waals surface area (Å²) < 4.78 is 5.69. The maximum absolute atomic E-state index is 12.7. The lowest BCUT2D eigenvalue weighted by atomic mass is 9.79. The van der Waals surface area contributed by atoms with Gasteiger partial charge in [0, 0.05) is 12.7 Å². The van der Waals surface area contributed by atoms with E-state index in [9.17, 15) is 14.7 Å². The monoisotopic (exact) mass is 466 g/mol. The lowest BCUT2D eigenvalue weighted by molar-refractivity contribution is -0.146. The zero-order chi connectivity index (χ0) is 21.7. The summed E-state index contributed by atoms with van der Waals surface area (Å²) in [5.41, 5.74) is -0.968. The molecule has 0 saturated heterocycles. The number of nitrogens with one attached hydrogen (secondary N) is 1. The predicted molar refractivity (Wildman–Crippen MR) is 116 cm³/mol. The molecule has 30 heavy (non-hydrogen) atoms. The maximum atomic E-state index is 12.7. The van der Waals surface area contributed by atoms with E-state index in [1.54, 1.807) is 42.5 Å². The van der Waals surface area contributed by atoms with Crippen molar-refractivity contribution in [3.05, 3.63) is 75.4 Å². The first-order valence-electron chi connectivity index (χ1n) is 8.96. The molecule has 156 valence electrons. The van der Waals surface area contributed by atoms with Crippen LogP contribution in [-0.2, 0) is 4.79 Å². The Bertz CT molecular complexity index is 1040. The fourth-order valence-corrected chi connectivity index (χ4v) is 3.44. The van der Waals surface area contributed by atoms with Crippen molar-refractivity contribution >= 4 is 46.7 Å². The van der Waals surface area contributed by atoms with Crippen LogP contribution >= 0.6 is 34.8 Å². The number of ether oxygens (including phenoxy) is 1. The summed E-state index contributed by atoms with van der Waals surface area (Å²) in [5.74, 6) is -1.22. The van der Waals surface area contributed by atoms with Crippen molar-refractivity contribution in [2.75, 3.05) is 6.54 Å². The average Bonchev–Trinajstić information content (AvgIpc) is 2.73. The Hall–Kier alpha value is -2.54. The minimum Gasteiger partial charge on any atom is -0.481 e. The molecular formula is C21H17Cl3N2O4. The number of allylic oxidation sites excluding steroid dienone is 3. The zero-order valence-electron chi connectivity index (χ0n) is 15.6. The fraction of sp³-hybridized carbons (Fsp3) is 0.190. The van der Waals surface area contributed by atoms with Gasteiger partial charge in [-0.15, -0.1) is 0 Å². The number of carbonyl (C=O) groups excluding carboxylic acids is 1. The van der Waals surface area contributed by atoms with Gasteiger partial charge in [0.2, 0.25) is 5.88 Å². The normalized spacial score (nSPS) is 17.6. The van der Waals surface area contributed by atoms with E-state index in [0.29, 0.717) is 11.4 Å². The number of amides is 1. The number of halogens is 3. The molecule has 0 unspecified atom stereocenters. The Morgan fingerprint density at radius 1 is 1.23 bits per heavy atom. The number of aliphatic carboxylic acids is 1. The highest BCUT2D eigenvalue weighted by Gasteiger charge is 2.35. The smallest absolute Gasteiger partial charge is 0.313 e. The summed E-state index contributed by atoms with van der Waals surface area (Å²) in [6.07, 6.45) is 8.83. The second-order valence-corrected chi connectivity index (χ2v) is 7.84. The molecule has 0 bridgehead atoms. The molecule has 0 aliphatic heterocycles. The molecule has 1 aromatic heterocycles. The number of pyridine rings is 1. The molecule has 0 radical (unpaired) electrons. The lowest BCUT2D eigenvalue weighted by Gasteiger charge is -2.26. The van der Waals surface area contributed by atoms with Crippen molar-refractivity contribution < 1.29 is 19.4 Å². The third-order valence-corrected chi connectivity index (χ3v) is 5.62. The van der Waals surface area contributed by atoms with Gasteiger partial charge in [-0.3, -0.25) is 9.59 Å². The molecule has 1 heterocycles. The van der Waals surface area contributed by atoms with Crippen LogP contribution in [0.15, 0.2) is 54.8 Å². The van der Waals surface area contributed by atoms with Gasteiger partial charge in [-0.2, -0.15) is 0 Å². The summed E-state index contributed by atoms with van der Waals surface area (Å²) in [6, 6.07) is 6.25. The lowest BCUT2D eigenvalue weighted by Crippen LogP contribution is -2.35. The molecule has 1 aliphatic carbocycles. The van der Waals surface area contributed by atoms with Crippen LogP contribution in [-0.4, -0.2) is 28.5 Å². The number of rotatable bonds is 7. The third kappa shape index (κ3) is 4.95. The number of aromatic nitrogens is 1. The van der Waals surface area contributed by atoms with Crippen molar-refractivity contribution in [1.82, 2.24) is 10.3 Å². The number of carboxylic acids is 1. The predicted octanol–water partition coefficient (Wildman–Crippen LogP) is 5.54. The number of benzene rings is 1.